The molecular formula is C21H16F3N5O. The van der Waals surface area contributed by atoms with Gasteiger partial charge in [0.25, 0.3) is 5.91 Å². The first-order valence-corrected chi connectivity index (χ1v) is 9.08. The molecule has 0 saturated heterocycles. The minimum Gasteiger partial charge on any atom is -0.324 e. The molecule has 30 heavy (non-hydrogen) atoms. The van der Waals surface area contributed by atoms with Crippen molar-refractivity contribution in [3.05, 3.63) is 72.3 Å². The molecule has 6 nitrogen and oxygen atoms in total. The quantitative estimate of drug-likeness (QED) is 0.528. The van der Waals surface area contributed by atoms with Crippen molar-refractivity contribution in [1.82, 2.24) is 20.2 Å². The van der Waals surface area contributed by atoms with E-state index in [0.717, 1.165) is 27.7 Å². The van der Waals surface area contributed by atoms with Gasteiger partial charge in [-0.2, -0.15) is 18.0 Å². The van der Waals surface area contributed by atoms with Gasteiger partial charge in [0.2, 0.25) is 5.82 Å². The van der Waals surface area contributed by atoms with Gasteiger partial charge in [0.05, 0.1) is 5.56 Å². The van der Waals surface area contributed by atoms with Gasteiger partial charge < -0.3 is 5.32 Å². The van der Waals surface area contributed by atoms with E-state index in [-0.39, 0.29) is 17.3 Å². The normalized spacial score (nSPS) is 12.7. The maximum Gasteiger partial charge on any atom is 0.416 e. The number of aromatic nitrogens is 4. The third kappa shape index (κ3) is 4.00. The van der Waals surface area contributed by atoms with E-state index in [1.54, 1.807) is 13.0 Å². The molecule has 0 radical (unpaired) electrons. The fourth-order valence-corrected chi connectivity index (χ4v) is 2.96. The maximum absolute atomic E-state index is 12.9. The molecular weight excluding hydrogens is 395 g/mol. The van der Waals surface area contributed by atoms with Crippen LogP contribution in [0.25, 0.3) is 22.2 Å². The van der Waals surface area contributed by atoms with E-state index in [4.69, 9.17) is 0 Å². The summed E-state index contributed by atoms with van der Waals surface area (Å²) in [5.74, 6) is -0.371. The van der Waals surface area contributed by atoms with Crippen LogP contribution in [0.2, 0.25) is 0 Å². The van der Waals surface area contributed by atoms with Gasteiger partial charge >= 0.3 is 6.18 Å². The van der Waals surface area contributed by atoms with Crippen LogP contribution in [0.15, 0.2) is 66.7 Å². The zero-order chi connectivity index (χ0) is 21.3. The Labute approximate surface area is 169 Å². The molecule has 0 aliphatic carbocycles. The van der Waals surface area contributed by atoms with Gasteiger partial charge in [-0.15, -0.1) is 10.2 Å². The molecule has 0 aliphatic heterocycles. The Bertz CT molecular complexity index is 1220. The molecule has 4 aromatic rings. The Morgan fingerprint density at radius 1 is 1.00 bits per heavy atom. The Morgan fingerprint density at radius 3 is 2.53 bits per heavy atom. The standard InChI is InChI=1S/C21H16F3N5O/c1-13(20(30)25-18-10-9-14-5-2-3-6-15(14)12-18)29-27-19(26-28-29)16-7-4-8-17(11-16)21(22,23)24/h2-13H,1H3,(H,25,30). The number of alkyl halides is 3. The lowest BCUT2D eigenvalue weighted by molar-refractivity contribution is -0.137. The number of tetrazole rings is 1. The summed E-state index contributed by atoms with van der Waals surface area (Å²) in [7, 11) is 0. The number of halogens is 3. The molecule has 1 amide bonds. The Hall–Kier alpha value is -3.75. The summed E-state index contributed by atoms with van der Waals surface area (Å²) < 4.78 is 38.7. The summed E-state index contributed by atoms with van der Waals surface area (Å²) in [5, 5.41) is 16.5. The lowest BCUT2D eigenvalue weighted by atomic mass is 10.1. The smallest absolute Gasteiger partial charge is 0.324 e. The number of rotatable bonds is 4. The second kappa shape index (κ2) is 7.58. The fourth-order valence-electron chi connectivity index (χ4n) is 2.96. The number of anilines is 1. The summed E-state index contributed by atoms with van der Waals surface area (Å²) in [6, 6.07) is 17.1. The van der Waals surface area contributed by atoms with Crippen LogP contribution in [0.5, 0.6) is 0 Å². The Balaban J connectivity index is 1.52. The van der Waals surface area contributed by atoms with E-state index in [0.29, 0.717) is 5.69 Å². The number of nitrogens with one attached hydrogen (secondary N) is 1. The topological polar surface area (TPSA) is 72.7 Å². The van der Waals surface area contributed by atoms with Gasteiger partial charge in [-0.25, -0.2) is 0 Å². The van der Waals surface area contributed by atoms with Crippen LogP contribution in [-0.2, 0) is 11.0 Å². The average molecular weight is 411 g/mol. The number of benzene rings is 3. The van der Waals surface area contributed by atoms with E-state index in [1.165, 1.54) is 12.1 Å². The highest BCUT2D eigenvalue weighted by Gasteiger charge is 2.31. The number of hydrogen-bond donors (Lipinski definition) is 1. The van der Waals surface area contributed by atoms with Gasteiger partial charge in [0.1, 0.15) is 6.04 Å². The number of carbonyl (C=O) groups is 1. The van der Waals surface area contributed by atoms with Crippen LogP contribution >= 0.6 is 0 Å². The van der Waals surface area contributed by atoms with Crippen molar-refractivity contribution in [3.8, 4) is 11.4 Å². The first kappa shape index (κ1) is 19.6. The zero-order valence-electron chi connectivity index (χ0n) is 15.8. The summed E-state index contributed by atoms with van der Waals surface area (Å²) in [4.78, 5) is 13.7. The minimum atomic E-state index is -4.47. The van der Waals surface area contributed by atoms with Crippen molar-refractivity contribution in [2.75, 3.05) is 5.32 Å². The van der Waals surface area contributed by atoms with Crippen LogP contribution in [0.3, 0.4) is 0 Å². The molecule has 3 aromatic carbocycles. The van der Waals surface area contributed by atoms with Crippen LogP contribution in [0.4, 0.5) is 18.9 Å². The first-order valence-electron chi connectivity index (χ1n) is 9.08. The summed E-state index contributed by atoms with van der Waals surface area (Å²) in [5.41, 5.74) is -0.0274. The number of amides is 1. The van der Waals surface area contributed by atoms with Crippen molar-refractivity contribution < 1.29 is 18.0 Å². The third-order valence-corrected chi connectivity index (χ3v) is 4.62. The molecule has 9 heteroatoms. The summed E-state index contributed by atoms with van der Waals surface area (Å²) in [6.07, 6.45) is -4.47. The molecule has 4 rings (SSSR count). The molecule has 0 saturated carbocycles. The van der Waals surface area contributed by atoms with Crippen LogP contribution in [0.1, 0.15) is 18.5 Å². The van der Waals surface area contributed by atoms with Crippen molar-refractivity contribution in [2.24, 2.45) is 0 Å². The lowest BCUT2D eigenvalue weighted by Gasteiger charge is -2.11. The maximum atomic E-state index is 12.9. The Morgan fingerprint density at radius 2 is 1.77 bits per heavy atom. The van der Waals surface area contributed by atoms with Gasteiger partial charge in [0.15, 0.2) is 0 Å². The van der Waals surface area contributed by atoms with E-state index in [1.807, 2.05) is 36.4 Å². The number of hydrogen-bond acceptors (Lipinski definition) is 4. The first-order chi connectivity index (χ1) is 14.3. The van der Waals surface area contributed by atoms with E-state index < -0.39 is 17.8 Å². The SMILES string of the molecule is CC(C(=O)Nc1ccc2ccccc2c1)n1nnc(-c2cccc(C(F)(F)F)c2)n1. The van der Waals surface area contributed by atoms with Crippen molar-refractivity contribution >= 4 is 22.4 Å². The zero-order valence-corrected chi connectivity index (χ0v) is 15.8. The second-order valence-corrected chi connectivity index (χ2v) is 6.74. The fraction of sp³-hybridized carbons (Fsp3) is 0.143. The summed E-state index contributed by atoms with van der Waals surface area (Å²) in [6.45, 7) is 1.58. The van der Waals surface area contributed by atoms with Crippen LogP contribution in [-0.4, -0.2) is 26.1 Å². The monoisotopic (exact) mass is 411 g/mol. The molecule has 0 aliphatic rings. The van der Waals surface area contributed by atoms with Crippen molar-refractivity contribution in [2.45, 2.75) is 19.1 Å². The van der Waals surface area contributed by atoms with Crippen LogP contribution < -0.4 is 5.32 Å². The molecule has 0 bridgehead atoms. The highest BCUT2D eigenvalue weighted by molar-refractivity contribution is 5.96. The van der Waals surface area contributed by atoms with Gasteiger partial charge in [-0.05, 0) is 47.2 Å². The Kier molecular flexibility index (Phi) is 4.94. The highest BCUT2D eigenvalue weighted by Crippen LogP contribution is 2.31. The van der Waals surface area contributed by atoms with Gasteiger partial charge in [-0.3, -0.25) is 4.79 Å². The molecule has 0 spiro atoms. The number of nitrogens with zero attached hydrogens (tertiary/aromatic N) is 4. The minimum absolute atomic E-state index is 0.00598. The molecule has 1 N–H and O–H groups in total. The predicted octanol–water partition coefficient (Wildman–Crippen LogP) is 4.71. The van der Waals surface area contributed by atoms with Gasteiger partial charge in [-0.1, -0.05) is 42.5 Å². The van der Waals surface area contributed by atoms with E-state index in [9.17, 15) is 18.0 Å². The second-order valence-electron chi connectivity index (χ2n) is 6.74. The number of fused-ring (bicyclic) bond motifs is 1. The molecule has 1 atom stereocenters. The predicted molar refractivity (Wildman–Crippen MR) is 106 cm³/mol. The van der Waals surface area contributed by atoms with Crippen molar-refractivity contribution in [3.63, 3.8) is 0 Å². The highest BCUT2D eigenvalue weighted by atomic mass is 19.4. The van der Waals surface area contributed by atoms with Gasteiger partial charge in [0, 0.05) is 11.3 Å². The molecule has 152 valence electrons. The lowest BCUT2D eigenvalue weighted by Crippen LogP contribution is -2.25. The van der Waals surface area contributed by atoms with E-state index in [2.05, 4.69) is 20.7 Å². The van der Waals surface area contributed by atoms with Crippen LogP contribution in [0, 0.1) is 0 Å². The average Bonchev–Trinajstić information content (AvgIpc) is 3.23. The molecule has 1 aromatic heterocycles. The number of carbonyl (C=O) groups excluding carboxylic acids is 1. The largest absolute Gasteiger partial charge is 0.416 e. The third-order valence-electron chi connectivity index (χ3n) is 4.62. The molecule has 1 unspecified atom stereocenters. The van der Waals surface area contributed by atoms with E-state index >= 15 is 0 Å². The van der Waals surface area contributed by atoms with Crippen molar-refractivity contribution in [1.29, 1.82) is 0 Å². The molecule has 0 fully saturated rings. The molecule has 1 heterocycles. The summed E-state index contributed by atoms with van der Waals surface area (Å²) >= 11 is 0.